The van der Waals surface area contributed by atoms with Gasteiger partial charge in [-0.05, 0) is 56.4 Å². The van der Waals surface area contributed by atoms with Crippen LogP contribution in [-0.2, 0) is 4.74 Å². The highest BCUT2D eigenvalue weighted by Gasteiger charge is 2.27. The number of carbonyl (C=O) groups is 3. The van der Waals surface area contributed by atoms with Crippen LogP contribution in [0.4, 0.5) is 10.5 Å². The van der Waals surface area contributed by atoms with Crippen LogP contribution >= 0.6 is 0 Å². The Kier molecular flexibility index (Phi) is 5.00. The SMILES string of the molecule is CCOC(=O)N(CCN1CCCC1)c1cc2c3c(cccc3c1)C(=O)NC2=O. The molecule has 0 aromatic heterocycles. The fourth-order valence-electron chi connectivity index (χ4n) is 3.95. The largest absolute Gasteiger partial charge is 0.449 e. The summed E-state index contributed by atoms with van der Waals surface area (Å²) < 4.78 is 5.25. The molecule has 28 heavy (non-hydrogen) atoms. The molecule has 146 valence electrons. The summed E-state index contributed by atoms with van der Waals surface area (Å²) in [5.74, 6) is -0.842. The third-order valence-electron chi connectivity index (χ3n) is 5.32. The molecule has 2 heterocycles. The van der Waals surface area contributed by atoms with Gasteiger partial charge in [0.15, 0.2) is 0 Å². The number of benzene rings is 2. The predicted octanol–water partition coefficient (Wildman–Crippen LogP) is 2.78. The molecule has 0 unspecified atom stereocenters. The van der Waals surface area contributed by atoms with Crippen molar-refractivity contribution in [2.45, 2.75) is 19.8 Å². The summed E-state index contributed by atoms with van der Waals surface area (Å²) in [5.41, 5.74) is 1.47. The fourth-order valence-corrected chi connectivity index (χ4v) is 3.95. The van der Waals surface area contributed by atoms with Crippen LogP contribution < -0.4 is 10.2 Å². The molecule has 0 saturated carbocycles. The predicted molar refractivity (Wildman–Crippen MR) is 106 cm³/mol. The van der Waals surface area contributed by atoms with Gasteiger partial charge in [-0.15, -0.1) is 0 Å². The van der Waals surface area contributed by atoms with Crippen molar-refractivity contribution in [3.05, 3.63) is 41.5 Å². The average molecular weight is 381 g/mol. The molecule has 7 nitrogen and oxygen atoms in total. The number of imide groups is 1. The minimum atomic E-state index is -0.445. The standard InChI is InChI=1S/C21H23N3O4/c1-2-28-21(27)24(11-10-23-8-3-4-9-23)15-12-14-6-5-7-16-18(14)17(13-15)20(26)22-19(16)25/h5-7,12-13H,2-4,8-11H2,1H3,(H,22,25,26). The van der Waals surface area contributed by atoms with Gasteiger partial charge in [0.05, 0.1) is 12.2 Å². The van der Waals surface area contributed by atoms with Gasteiger partial charge in [0.2, 0.25) is 0 Å². The van der Waals surface area contributed by atoms with Gasteiger partial charge in [-0.2, -0.15) is 0 Å². The Hall–Kier alpha value is -2.93. The Morgan fingerprint density at radius 3 is 2.64 bits per heavy atom. The molecule has 3 amide bonds. The van der Waals surface area contributed by atoms with Crippen LogP contribution in [0, 0.1) is 0 Å². The molecule has 0 radical (unpaired) electrons. The molecule has 4 rings (SSSR count). The molecule has 1 fully saturated rings. The van der Waals surface area contributed by atoms with Crippen LogP contribution in [0.2, 0.25) is 0 Å². The Labute approximate surface area is 163 Å². The maximum atomic E-state index is 12.6. The Morgan fingerprint density at radius 2 is 1.89 bits per heavy atom. The van der Waals surface area contributed by atoms with Gasteiger partial charge in [0.25, 0.3) is 11.8 Å². The average Bonchev–Trinajstić information content (AvgIpc) is 3.19. The van der Waals surface area contributed by atoms with E-state index in [0.717, 1.165) is 25.0 Å². The summed E-state index contributed by atoms with van der Waals surface area (Å²) in [6.45, 7) is 5.34. The molecule has 7 heteroatoms. The van der Waals surface area contributed by atoms with Gasteiger partial charge in [-0.1, -0.05) is 12.1 Å². The van der Waals surface area contributed by atoms with Crippen molar-refractivity contribution in [2.24, 2.45) is 0 Å². The van der Waals surface area contributed by atoms with E-state index in [4.69, 9.17) is 4.74 Å². The van der Waals surface area contributed by atoms with Gasteiger partial charge >= 0.3 is 6.09 Å². The van der Waals surface area contributed by atoms with E-state index in [2.05, 4.69) is 10.2 Å². The number of amides is 3. The summed E-state index contributed by atoms with van der Waals surface area (Å²) in [7, 11) is 0. The molecule has 0 aliphatic carbocycles. The van der Waals surface area contributed by atoms with E-state index < -0.39 is 17.9 Å². The second-order valence-corrected chi connectivity index (χ2v) is 7.08. The van der Waals surface area contributed by atoms with Crippen molar-refractivity contribution in [3.8, 4) is 0 Å². The zero-order chi connectivity index (χ0) is 19.7. The minimum Gasteiger partial charge on any atom is -0.449 e. The minimum absolute atomic E-state index is 0.276. The maximum absolute atomic E-state index is 12.6. The van der Waals surface area contributed by atoms with Gasteiger partial charge in [0, 0.05) is 29.7 Å². The highest BCUT2D eigenvalue weighted by Crippen LogP contribution is 2.31. The highest BCUT2D eigenvalue weighted by atomic mass is 16.6. The third kappa shape index (κ3) is 3.33. The smallest absolute Gasteiger partial charge is 0.414 e. The van der Waals surface area contributed by atoms with Crippen molar-refractivity contribution >= 4 is 34.4 Å². The number of anilines is 1. The normalized spacial score (nSPS) is 16.3. The first kappa shape index (κ1) is 18.4. The first-order valence-electron chi connectivity index (χ1n) is 9.67. The van der Waals surface area contributed by atoms with E-state index in [1.54, 1.807) is 30.0 Å². The first-order valence-corrected chi connectivity index (χ1v) is 9.67. The number of nitrogens with zero attached hydrogens (tertiary/aromatic N) is 2. The zero-order valence-corrected chi connectivity index (χ0v) is 15.9. The second kappa shape index (κ2) is 7.59. The van der Waals surface area contributed by atoms with Crippen molar-refractivity contribution in [3.63, 3.8) is 0 Å². The summed E-state index contributed by atoms with van der Waals surface area (Å²) in [6, 6.07) is 8.84. The number of likely N-dealkylation sites (tertiary alicyclic amines) is 1. The van der Waals surface area contributed by atoms with Gasteiger partial charge < -0.3 is 9.64 Å². The second-order valence-electron chi connectivity index (χ2n) is 7.08. The lowest BCUT2D eigenvalue weighted by molar-refractivity contribution is 0.0844. The maximum Gasteiger partial charge on any atom is 0.414 e. The van der Waals surface area contributed by atoms with Crippen LogP contribution in [0.15, 0.2) is 30.3 Å². The van der Waals surface area contributed by atoms with E-state index in [0.29, 0.717) is 28.7 Å². The molecule has 0 atom stereocenters. The van der Waals surface area contributed by atoms with Crippen LogP contribution in [0.25, 0.3) is 10.8 Å². The van der Waals surface area contributed by atoms with Crippen molar-refractivity contribution < 1.29 is 19.1 Å². The molecule has 2 aromatic rings. The highest BCUT2D eigenvalue weighted by molar-refractivity contribution is 6.26. The lowest BCUT2D eigenvalue weighted by Gasteiger charge is -2.26. The van der Waals surface area contributed by atoms with Crippen LogP contribution in [-0.4, -0.2) is 55.6 Å². The first-order chi connectivity index (χ1) is 13.6. The van der Waals surface area contributed by atoms with E-state index >= 15 is 0 Å². The summed E-state index contributed by atoms with van der Waals surface area (Å²) in [5, 5.41) is 3.75. The molecule has 2 aliphatic rings. The van der Waals surface area contributed by atoms with Crippen molar-refractivity contribution in [2.75, 3.05) is 37.7 Å². The number of hydrogen-bond acceptors (Lipinski definition) is 5. The molecular weight excluding hydrogens is 358 g/mol. The molecule has 0 bridgehead atoms. The van der Waals surface area contributed by atoms with Crippen LogP contribution in [0.5, 0.6) is 0 Å². The molecule has 1 saturated heterocycles. The van der Waals surface area contributed by atoms with Crippen LogP contribution in [0.3, 0.4) is 0 Å². The van der Waals surface area contributed by atoms with Gasteiger partial charge in [-0.3, -0.25) is 19.8 Å². The molecule has 2 aromatic carbocycles. The molecular formula is C21H23N3O4. The number of ether oxygens (including phenoxy) is 1. The van der Waals surface area contributed by atoms with E-state index in [-0.39, 0.29) is 6.61 Å². The quantitative estimate of drug-likeness (QED) is 0.806. The lowest BCUT2D eigenvalue weighted by atomic mass is 9.94. The lowest BCUT2D eigenvalue weighted by Crippen LogP contribution is -2.39. The summed E-state index contributed by atoms with van der Waals surface area (Å²) >= 11 is 0. The molecule has 0 spiro atoms. The van der Waals surface area contributed by atoms with Crippen molar-refractivity contribution in [1.82, 2.24) is 10.2 Å². The fraction of sp³-hybridized carbons (Fsp3) is 0.381. The third-order valence-corrected chi connectivity index (χ3v) is 5.32. The Bertz CT molecular complexity index is 950. The number of carbonyl (C=O) groups excluding carboxylic acids is 3. The zero-order valence-electron chi connectivity index (χ0n) is 15.9. The van der Waals surface area contributed by atoms with Gasteiger partial charge in [-0.25, -0.2) is 4.79 Å². The van der Waals surface area contributed by atoms with E-state index in [1.165, 1.54) is 12.8 Å². The monoisotopic (exact) mass is 381 g/mol. The Balaban J connectivity index is 1.74. The van der Waals surface area contributed by atoms with Crippen molar-refractivity contribution in [1.29, 1.82) is 0 Å². The number of rotatable bonds is 5. The number of nitrogens with one attached hydrogen (secondary N) is 1. The topological polar surface area (TPSA) is 79.0 Å². The molecule has 1 N–H and O–H groups in total. The van der Waals surface area contributed by atoms with Crippen LogP contribution in [0.1, 0.15) is 40.5 Å². The Morgan fingerprint density at radius 1 is 1.14 bits per heavy atom. The molecule has 2 aliphatic heterocycles. The van der Waals surface area contributed by atoms with E-state index in [1.807, 2.05) is 12.1 Å². The summed E-state index contributed by atoms with van der Waals surface area (Å²) in [6.07, 6.45) is 1.92. The number of hydrogen-bond donors (Lipinski definition) is 1. The van der Waals surface area contributed by atoms with Gasteiger partial charge in [0.1, 0.15) is 0 Å². The van der Waals surface area contributed by atoms with E-state index in [9.17, 15) is 14.4 Å². The summed E-state index contributed by atoms with van der Waals surface area (Å²) in [4.78, 5) is 41.1.